The first-order chi connectivity index (χ1) is 9.99. The van der Waals surface area contributed by atoms with Crippen LogP contribution < -0.4 is 11.3 Å². The number of hydrazine groups is 1. The minimum Gasteiger partial charge on any atom is -0.390 e. The van der Waals surface area contributed by atoms with Crippen molar-refractivity contribution in [1.29, 1.82) is 0 Å². The van der Waals surface area contributed by atoms with Gasteiger partial charge in [-0.25, -0.2) is 5.84 Å². The fourth-order valence-corrected chi connectivity index (χ4v) is 2.02. The van der Waals surface area contributed by atoms with E-state index in [0.29, 0.717) is 6.54 Å². The van der Waals surface area contributed by atoms with E-state index >= 15 is 0 Å². The molecule has 110 valence electrons. The van der Waals surface area contributed by atoms with Crippen LogP contribution in [-0.2, 0) is 17.8 Å². The van der Waals surface area contributed by atoms with Crippen LogP contribution in [0, 0.1) is 10.1 Å². The number of amides is 1. The molecule has 21 heavy (non-hydrogen) atoms. The molecule has 0 atom stereocenters. The van der Waals surface area contributed by atoms with Gasteiger partial charge < -0.3 is 10.1 Å². The number of carbonyl (C=O) groups excluding carboxylic acids is 1. The fraction of sp³-hybridized carbons (Fsp3) is 0.182. The van der Waals surface area contributed by atoms with Crippen LogP contribution in [0.4, 0.5) is 5.95 Å². The summed E-state index contributed by atoms with van der Waals surface area (Å²) >= 11 is 3.12. The Hall–Kier alpha value is -2.33. The average molecular weight is 355 g/mol. The molecule has 0 fully saturated rings. The van der Waals surface area contributed by atoms with Gasteiger partial charge in [0.1, 0.15) is 0 Å². The van der Waals surface area contributed by atoms with Crippen LogP contribution >= 0.6 is 15.9 Å². The van der Waals surface area contributed by atoms with Gasteiger partial charge in [0, 0.05) is 21.0 Å². The number of halogens is 1. The SMILES string of the molecule is NNC(=O)Cc1ccc(Cn2nc([N+](=O)[O-])nc2Br)cc1. The van der Waals surface area contributed by atoms with Crippen molar-refractivity contribution in [2.45, 2.75) is 13.0 Å². The molecule has 0 radical (unpaired) electrons. The van der Waals surface area contributed by atoms with Crippen LogP contribution in [-0.4, -0.2) is 25.6 Å². The zero-order chi connectivity index (χ0) is 15.4. The lowest BCUT2D eigenvalue weighted by molar-refractivity contribution is -0.394. The van der Waals surface area contributed by atoms with Gasteiger partial charge in [0.05, 0.1) is 13.0 Å². The van der Waals surface area contributed by atoms with Crippen molar-refractivity contribution in [3.63, 3.8) is 0 Å². The van der Waals surface area contributed by atoms with Gasteiger partial charge in [-0.2, -0.15) is 4.68 Å². The highest BCUT2D eigenvalue weighted by Crippen LogP contribution is 2.14. The molecule has 1 amide bonds. The van der Waals surface area contributed by atoms with E-state index in [9.17, 15) is 14.9 Å². The third-order valence-corrected chi connectivity index (χ3v) is 3.25. The van der Waals surface area contributed by atoms with Gasteiger partial charge in [-0.15, -0.1) is 0 Å². The summed E-state index contributed by atoms with van der Waals surface area (Å²) < 4.78 is 1.65. The lowest BCUT2D eigenvalue weighted by Gasteiger charge is -2.03. The lowest BCUT2D eigenvalue weighted by atomic mass is 10.1. The molecular formula is C11H11BrN6O3. The van der Waals surface area contributed by atoms with E-state index in [4.69, 9.17) is 5.84 Å². The quantitative estimate of drug-likeness (QED) is 0.348. The van der Waals surface area contributed by atoms with Crippen LogP contribution in [0.3, 0.4) is 0 Å². The van der Waals surface area contributed by atoms with Crippen molar-refractivity contribution in [2.24, 2.45) is 5.84 Å². The summed E-state index contributed by atoms with van der Waals surface area (Å²) in [6.07, 6.45) is 0.190. The molecule has 0 bridgehead atoms. The Balaban J connectivity index is 2.10. The maximum atomic E-state index is 11.1. The summed E-state index contributed by atoms with van der Waals surface area (Å²) in [5.74, 6) is 4.28. The second kappa shape index (κ2) is 6.41. The molecule has 2 rings (SSSR count). The van der Waals surface area contributed by atoms with E-state index in [-0.39, 0.29) is 17.1 Å². The molecule has 9 nitrogen and oxygen atoms in total. The fourth-order valence-electron chi connectivity index (χ4n) is 1.66. The number of carbonyl (C=O) groups is 1. The van der Waals surface area contributed by atoms with Crippen LogP contribution in [0.1, 0.15) is 11.1 Å². The molecular weight excluding hydrogens is 344 g/mol. The molecule has 0 aliphatic rings. The maximum Gasteiger partial charge on any atom is 0.492 e. The van der Waals surface area contributed by atoms with E-state index in [2.05, 4.69) is 31.4 Å². The van der Waals surface area contributed by atoms with Crippen molar-refractivity contribution < 1.29 is 9.72 Å². The van der Waals surface area contributed by atoms with Crippen molar-refractivity contribution in [2.75, 3.05) is 0 Å². The summed E-state index contributed by atoms with van der Waals surface area (Å²) in [5.41, 5.74) is 3.74. The Kier molecular flexibility index (Phi) is 4.60. The molecule has 1 aromatic carbocycles. The van der Waals surface area contributed by atoms with Crippen molar-refractivity contribution in [3.8, 4) is 0 Å². The average Bonchev–Trinajstić information content (AvgIpc) is 2.82. The predicted molar refractivity (Wildman–Crippen MR) is 76.0 cm³/mol. The zero-order valence-corrected chi connectivity index (χ0v) is 12.3. The van der Waals surface area contributed by atoms with Gasteiger partial charge in [0.2, 0.25) is 5.91 Å². The lowest BCUT2D eigenvalue weighted by Crippen LogP contribution is -2.31. The summed E-state index contributed by atoms with van der Waals surface area (Å²) in [7, 11) is 0. The van der Waals surface area contributed by atoms with Gasteiger partial charge in [-0.3, -0.25) is 10.2 Å². The van der Waals surface area contributed by atoms with E-state index in [1.54, 1.807) is 24.3 Å². The molecule has 0 unspecified atom stereocenters. The van der Waals surface area contributed by atoms with E-state index in [1.165, 1.54) is 4.68 Å². The van der Waals surface area contributed by atoms with Crippen LogP contribution in [0.15, 0.2) is 29.0 Å². The smallest absolute Gasteiger partial charge is 0.390 e. The molecule has 0 saturated heterocycles. The Bertz CT molecular complexity index is 669. The second-order valence-electron chi connectivity index (χ2n) is 4.16. The third kappa shape index (κ3) is 3.83. The summed E-state index contributed by atoms with van der Waals surface area (Å²) in [5, 5.41) is 14.4. The number of aromatic nitrogens is 3. The number of nitro groups is 1. The number of nitrogens with zero attached hydrogens (tertiary/aromatic N) is 4. The first-order valence-corrected chi connectivity index (χ1v) is 6.61. The molecule has 0 spiro atoms. The molecule has 1 heterocycles. The highest BCUT2D eigenvalue weighted by molar-refractivity contribution is 9.10. The summed E-state index contributed by atoms with van der Waals surface area (Å²) in [6, 6.07) is 7.17. The van der Waals surface area contributed by atoms with Crippen LogP contribution in [0.2, 0.25) is 0 Å². The Morgan fingerprint density at radius 1 is 1.38 bits per heavy atom. The molecule has 10 heteroatoms. The number of hydrogen-bond donors (Lipinski definition) is 2. The monoisotopic (exact) mass is 354 g/mol. The molecule has 0 aliphatic carbocycles. The van der Waals surface area contributed by atoms with Crippen molar-refractivity contribution in [3.05, 3.63) is 50.2 Å². The second-order valence-corrected chi connectivity index (χ2v) is 4.87. The largest absolute Gasteiger partial charge is 0.492 e. The number of nitrogens with one attached hydrogen (secondary N) is 1. The summed E-state index contributed by atoms with van der Waals surface area (Å²) in [6.45, 7) is 0.324. The molecule has 0 aliphatic heterocycles. The van der Waals surface area contributed by atoms with Crippen molar-refractivity contribution in [1.82, 2.24) is 20.2 Å². The van der Waals surface area contributed by atoms with E-state index in [1.807, 2.05) is 0 Å². The topological polar surface area (TPSA) is 129 Å². The van der Waals surface area contributed by atoms with Gasteiger partial charge in [-0.05, 0) is 21.0 Å². The highest BCUT2D eigenvalue weighted by atomic mass is 79.9. The molecule has 2 aromatic rings. The highest BCUT2D eigenvalue weighted by Gasteiger charge is 2.19. The Morgan fingerprint density at radius 2 is 2.00 bits per heavy atom. The predicted octanol–water partition coefficient (Wildman–Crippen LogP) is 0.529. The normalized spacial score (nSPS) is 10.4. The Morgan fingerprint density at radius 3 is 2.52 bits per heavy atom. The molecule has 1 aromatic heterocycles. The van der Waals surface area contributed by atoms with Crippen LogP contribution in [0.5, 0.6) is 0 Å². The van der Waals surface area contributed by atoms with Gasteiger partial charge in [0.15, 0.2) is 0 Å². The Labute approximate surface area is 127 Å². The number of benzene rings is 1. The zero-order valence-electron chi connectivity index (χ0n) is 10.7. The maximum absolute atomic E-state index is 11.1. The minimum absolute atomic E-state index is 0.190. The number of nitrogens with two attached hydrogens (primary N) is 1. The van der Waals surface area contributed by atoms with Crippen LogP contribution in [0.25, 0.3) is 0 Å². The van der Waals surface area contributed by atoms with Gasteiger partial charge in [-0.1, -0.05) is 24.3 Å². The standard InChI is InChI=1S/C11H11BrN6O3/c12-10-14-11(18(20)21)16-17(10)6-8-3-1-7(2-4-8)5-9(19)15-13/h1-4H,5-6,13H2,(H,15,19). The molecule has 0 saturated carbocycles. The first-order valence-electron chi connectivity index (χ1n) is 5.81. The third-order valence-electron chi connectivity index (χ3n) is 2.66. The van der Waals surface area contributed by atoms with Gasteiger partial charge >= 0.3 is 5.95 Å². The number of rotatable bonds is 5. The van der Waals surface area contributed by atoms with E-state index < -0.39 is 10.9 Å². The molecule has 3 N–H and O–H groups in total. The van der Waals surface area contributed by atoms with Crippen molar-refractivity contribution >= 4 is 27.8 Å². The first kappa shape index (κ1) is 15.1. The summed E-state index contributed by atoms with van der Waals surface area (Å²) in [4.78, 5) is 24.8. The van der Waals surface area contributed by atoms with E-state index in [0.717, 1.165) is 11.1 Å². The minimum atomic E-state index is -0.657. The number of hydrogen-bond acceptors (Lipinski definition) is 6. The van der Waals surface area contributed by atoms with Gasteiger partial charge in [0.25, 0.3) is 4.73 Å².